The normalized spacial score (nSPS) is 26.4. The van der Waals surface area contributed by atoms with E-state index in [1.807, 2.05) is 36.1 Å². The van der Waals surface area contributed by atoms with E-state index in [9.17, 15) is 4.79 Å². The summed E-state index contributed by atoms with van der Waals surface area (Å²) in [5, 5.41) is 0.772. The lowest BCUT2D eigenvalue weighted by molar-refractivity contribution is -0.139. The minimum atomic E-state index is -0.352. The van der Waals surface area contributed by atoms with Gasteiger partial charge in [-0.25, -0.2) is 0 Å². The van der Waals surface area contributed by atoms with Gasteiger partial charge in [0.2, 0.25) is 5.91 Å². The van der Waals surface area contributed by atoms with Crippen LogP contribution in [0.5, 0.6) is 0 Å². The summed E-state index contributed by atoms with van der Waals surface area (Å²) in [7, 11) is 0. The summed E-state index contributed by atoms with van der Waals surface area (Å²) in [6, 6.07) is 7.89. The van der Waals surface area contributed by atoms with Gasteiger partial charge in [-0.15, -0.1) is 24.8 Å². The summed E-state index contributed by atoms with van der Waals surface area (Å²) in [6.45, 7) is 5.18. The molecule has 1 aromatic carbocycles. The second-order valence-corrected chi connectivity index (χ2v) is 7.48. The molecule has 0 aromatic heterocycles. The fourth-order valence-electron chi connectivity index (χ4n) is 3.86. The molecule has 0 spiro atoms. The van der Waals surface area contributed by atoms with E-state index in [0.29, 0.717) is 0 Å². The molecule has 142 valence electrons. The summed E-state index contributed by atoms with van der Waals surface area (Å²) >= 11 is 6.28. The van der Waals surface area contributed by atoms with Crippen molar-refractivity contribution in [1.82, 2.24) is 4.90 Å². The van der Waals surface area contributed by atoms with E-state index < -0.39 is 0 Å². The van der Waals surface area contributed by atoms with Gasteiger partial charge in [-0.3, -0.25) is 4.79 Å². The molecule has 7 heteroatoms. The van der Waals surface area contributed by atoms with Gasteiger partial charge in [-0.1, -0.05) is 36.6 Å². The third-order valence-corrected chi connectivity index (χ3v) is 5.66. The van der Waals surface area contributed by atoms with Crippen LogP contribution in [0.25, 0.3) is 0 Å². The van der Waals surface area contributed by atoms with E-state index in [1.165, 1.54) is 0 Å². The number of hydrogen-bond acceptors (Lipinski definition) is 3. The molecule has 1 aliphatic heterocycles. The summed E-state index contributed by atoms with van der Waals surface area (Å²) in [5.74, 6) is 0.219. The number of amides is 1. The Bertz CT molecular complexity index is 574. The molecule has 2 unspecified atom stereocenters. The van der Waals surface area contributed by atoms with E-state index in [2.05, 4.69) is 4.90 Å². The van der Waals surface area contributed by atoms with Gasteiger partial charge in [0.05, 0.1) is 16.6 Å². The van der Waals surface area contributed by atoms with Crippen LogP contribution in [0, 0.1) is 5.92 Å². The highest BCUT2D eigenvalue weighted by Gasteiger charge is 2.40. The molecule has 4 nitrogen and oxygen atoms in total. The fraction of sp³-hybridized carbons (Fsp3) is 0.611. The summed E-state index contributed by atoms with van der Waals surface area (Å²) in [6.07, 6.45) is 4.12. The zero-order valence-electron chi connectivity index (χ0n) is 14.6. The largest absolute Gasteiger partial charge is 0.367 e. The van der Waals surface area contributed by atoms with Gasteiger partial charge in [0.1, 0.15) is 0 Å². The first-order valence-electron chi connectivity index (χ1n) is 8.56. The molecular formula is C18H28Cl3N3O. The van der Waals surface area contributed by atoms with Crippen molar-refractivity contribution in [3.63, 3.8) is 0 Å². The average Bonchev–Trinajstić information content (AvgIpc) is 2.54. The Hall–Kier alpha value is -0.680. The molecule has 1 aliphatic carbocycles. The average molecular weight is 409 g/mol. The van der Waals surface area contributed by atoms with Crippen molar-refractivity contribution in [1.29, 1.82) is 0 Å². The first-order chi connectivity index (χ1) is 11.0. The number of piperazine rings is 1. The third-order valence-electron chi connectivity index (χ3n) is 5.34. The Morgan fingerprint density at radius 2 is 1.80 bits per heavy atom. The van der Waals surface area contributed by atoms with Crippen molar-refractivity contribution < 1.29 is 4.79 Å². The molecule has 1 heterocycles. The van der Waals surface area contributed by atoms with Crippen LogP contribution in [-0.2, 0) is 4.79 Å². The van der Waals surface area contributed by atoms with Crippen LogP contribution in [0.2, 0.25) is 5.02 Å². The summed E-state index contributed by atoms with van der Waals surface area (Å²) in [5.41, 5.74) is 7.10. The Labute approximate surface area is 167 Å². The van der Waals surface area contributed by atoms with Crippen LogP contribution >= 0.6 is 36.4 Å². The Morgan fingerprint density at radius 1 is 1.16 bits per heavy atom. The maximum Gasteiger partial charge on any atom is 0.227 e. The molecule has 2 aliphatic rings. The van der Waals surface area contributed by atoms with Crippen molar-refractivity contribution in [2.24, 2.45) is 11.7 Å². The van der Waals surface area contributed by atoms with E-state index in [-0.39, 0.29) is 42.2 Å². The zero-order valence-corrected chi connectivity index (χ0v) is 17.0. The topological polar surface area (TPSA) is 49.6 Å². The number of carbonyl (C=O) groups is 1. The SMILES string of the molecule is CC1(N)CCCCC1C(=O)N1CCN(c2ccccc2Cl)CC1.Cl.Cl. The van der Waals surface area contributed by atoms with E-state index >= 15 is 0 Å². The predicted octanol–water partition coefficient (Wildman–Crippen LogP) is 3.74. The quantitative estimate of drug-likeness (QED) is 0.811. The van der Waals surface area contributed by atoms with Crippen molar-refractivity contribution in [2.45, 2.75) is 38.1 Å². The maximum absolute atomic E-state index is 12.9. The lowest BCUT2D eigenvalue weighted by atomic mass is 9.74. The van der Waals surface area contributed by atoms with Crippen LogP contribution in [0.15, 0.2) is 24.3 Å². The molecule has 25 heavy (non-hydrogen) atoms. The highest BCUT2D eigenvalue weighted by atomic mass is 35.5. The number of nitrogens with zero attached hydrogens (tertiary/aromatic N) is 2. The molecule has 1 aromatic rings. The lowest BCUT2D eigenvalue weighted by Gasteiger charge is -2.43. The molecule has 2 fully saturated rings. The monoisotopic (exact) mass is 407 g/mol. The summed E-state index contributed by atoms with van der Waals surface area (Å²) < 4.78 is 0. The molecule has 1 amide bonds. The van der Waals surface area contributed by atoms with Gasteiger partial charge in [0.15, 0.2) is 0 Å². The second kappa shape index (κ2) is 9.31. The number of nitrogens with two attached hydrogens (primary N) is 1. The van der Waals surface area contributed by atoms with Crippen molar-refractivity contribution in [3.8, 4) is 0 Å². The van der Waals surface area contributed by atoms with Crippen LogP contribution < -0.4 is 10.6 Å². The number of rotatable bonds is 2. The highest BCUT2D eigenvalue weighted by Crippen LogP contribution is 2.33. The maximum atomic E-state index is 12.9. The minimum Gasteiger partial charge on any atom is -0.367 e. The van der Waals surface area contributed by atoms with Crippen molar-refractivity contribution >= 4 is 48.0 Å². The molecule has 0 radical (unpaired) electrons. The van der Waals surface area contributed by atoms with Gasteiger partial charge >= 0.3 is 0 Å². The third kappa shape index (κ3) is 4.94. The van der Waals surface area contributed by atoms with Crippen LogP contribution in [0.3, 0.4) is 0 Å². The van der Waals surface area contributed by atoms with E-state index in [4.69, 9.17) is 17.3 Å². The number of hydrogen-bond donors (Lipinski definition) is 1. The highest BCUT2D eigenvalue weighted by molar-refractivity contribution is 6.33. The van der Waals surface area contributed by atoms with Gasteiger partial charge < -0.3 is 15.5 Å². The van der Waals surface area contributed by atoms with Crippen LogP contribution in [0.1, 0.15) is 32.6 Å². The smallest absolute Gasteiger partial charge is 0.227 e. The summed E-state index contributed by atoms with van der Waals surface area (Å²) in [4.78, 5) is 17.1. The second-order valence-electron chi connectivity index (χ2n) is 7.07. The van der Waals surface area contributed by atoms with Crippen molar-refractivity contribution in [2.75, 3.05) is 31.1 Å². The molecule has 2 N–H and O–H groups in total. The molecule has 1 saturated carbocycles. The van der Waals surface area contributed by atoms with E-state index in [1.54, 1.807) is 0 Å². The van der Waals surface area contributed by atoms with E-state index in [0.717, 1.165) is 62.6 Å². The molecule has 1 saturated heterocycles. The lowest BCUT2D eigenvalue weighted by Crippen LogP contribution is -2.57. The number of anilines is 1. The Morgan fingerprint density at radius 3 is 2.40 bits per heavy atom. The molecule has 2 atom stereocenters. The van der Waals surface area contributed by atoms with Gasteiger partial charge in [-0.2, -0.15) is 0 Å². The van der Waals surface area contributed by atoms with Gasteiger partial charge in [0, 0.05) is 31.7 Å². The molecule has 3 rings (SSSR count). The minimum absolute atomic E-state index is 0. The van der Waals surface area contributed by atoms with Gasteiger partial charge in [0.25, 0.3) is 0 Å². The number of carbonyl (C=O) groups excluding carboxylic acids is 1. The number of halogens is 3. The Balaban J connectivity index is 0.00000156. The zero-order chi connectivity index (χ0) is 16.4. The van der Waals surface area contributed by atoms with Crippen LogP contribution in [0.4, 0.5) is 5.69 Å². The van der Waals surface area contributed by atoms with Crippen LogP contribution in [-0.4, -0.2) is 42.5 Å². The number of benzene rings is 1. The first kappa shape index (κ1) is 22.4. The Kier molecular flexibility index (Phi) is 8.33. The van der Waals surface area contributed by atoms with Crippen molar-refractivity contribution in [3.05, 3.63) is 29.3 Å². The molecular weight excluding hydrogens is 381 g/mol. The molecule has 0 bridgehead atoms. The predicted molar refractivity (Wildman–Crippen MR) is 109 cm³/mol. The van der Waals surface area contributed by atoms with Gasteiger partial charge in [-0.05, 0) is 31.9 Å². The standard InChI is InChI=1S/C18H26ClN3O.2ClH/c1-18(20)9-5-4-6-14(18)17(23)22-12-10-21(11-13-22)16-8-3-2-7-15(16)19;;/h2-3,7-8,14H,4-6,9-13,20H2,1H3;2*1H. The number of para-hydroxylation sites is 1. The fourth-order valence-corrected chi connectivity index (χ4v) is 4.12. The first-order valence-corrected chi connectivity index (χ1v) is 8.94.